The van der Waals surface area contributed by atoms with Crippen molar-refractivity contribution < 1.29 is 29.2 Å². The Morgan fingerprint density at radius 1 is 1.11 bits per heavy atom. The van der Waals surface area contributed by atoms with Crippen LogP contribution in [0.15, 0.2) is 18.2 Å². The number of nitrogens with zero attached hydrogens (tertiary/aromatic N) is 2. The number of methoxy groups -OCH3 is 1. The maximum absolute atomic E-state index is 12.4. The van der Waals surface area contributed by atoms with Crippen molar-refractivity contribution >= 4 is 11.7 Å². The molecular weight excluding hydrogens is 364 g/mol. The molecule has 1 aromatic carbocycles. The number of fused-ring (bicyclic) bond motifs is 5. The van der Waals surface area contributed by atoms with Crippen molar-refractivity contribution in [3.05, 3.63) is 34.9 Å². The Bertz CT molecular complexity index is 913. The molecule has 0 aliphatic carbocycles. The molecule has 148 valence electrons. The highest BCUT2D eigenvalue weighted by Gasteiger charge is 2.45. The van der Waals surface area contributed by atoms with Crippen molar-refractivity contribution in [2.75, 3.05) is 38.3 Å². The van der Waals surface area contributed by atoms with Gasteiger partial charge in [-0.2, -0.15) is 0 Å². The summed E-state index contributed by atoms with van der Waals surface area (Å²) in [5, 5.41) is 21.6. The number of hydrogen-bond acceptors (Lipinski definition) is 7. The van der Waals surface area contributed by atoms with Crippen LogP contribution < -0.4 is 4.90 Å². The largest absolute Gasteiger partial charge is 0.494 e. The van der Waals surface area contributed by atoms with Gasteiger partial charge in [0.05, 0.1) is 60.6 Å². The van der Waals surface area contributed by atoms with Crippen LogP contribution in [0.2, 0.25) is 0 Å². The quantitative estimate of drug-likeness (QED) is 0.783. The number of rotatable bonds is 3. The summed E-state index contributed by atoms with van der Waals surface area (Å²) >= 11 is 0. The maximum Gasteiger partial charge on any atom is 0.340 e. The normalized spacial score (nSPS) is 23.1. The summed E-state index contributed by atoms with van der Waals surface area (Å²) in [6, 6.07) is 5.25. The average molecular weight is 386 g/mol. The van der Waals surface area contributed by atoms with Crippen LogP contribution in [0.3, 0.4) is 0 Å². The lowest BCUT2D eigenvalue weighted by Gasteiger charge is -2.30. The summed E-state index contributed by atoms with van der Waals surface area (Å²) in [7, 11) is 1.34. The molecule has 5 rings (SSSR count). The SMILES string of the molecule is COC(=O)c1cc(-n2c(O)c3c(c2O)C2CCC3O2)ccc1N1CCOCC1. The molecule has 3 aliphatic rings. The van der Waals surface area contributed by atoms with Gasteiger partial charge >= 0.3 is 5.97 Å². The fourth-order valence-electron chi connectivity index (χ4n) is 4.54. The third-order valence-corrected chi connectivity index (χ3v) is 5.85. The minimum absolute atomic E-state index is 0.0327. The molecular formula is C20H22N2O6. The van der Waals surface area contributed by atoms with Crippen molar-refractivity contribution in [3.8, 4) is 17.4 Å². The number of carbonyl (C=O) groups excluding carboxylic acids is 1. The van der Waals surface area contributed by atoms with Gasteiger partial charge in [0.15, 0.2) is 0 Å². The van der Waals surface area contributed by atoms with Crippen LogP contribution in [0.25, 0.3) is 5.69 Å². The van der Waals surface area contributed by atoms with Gasteiger partial charge in [-0.3, -0.25) is 4.57 Å². The van der Waals surface area contributed by atoms with Gasteiger partial charge in [-0.05, 0) is 31.0 Å². The number of ether oxygens (including phenoxy) is 3. The van der Waals surface area contributed by atoms with Crippen LogP contribution in [0.4, 0.5) is 5.69 Å². The fourth-order valence-corrected chi connectivity index (χ4v) is 4.54. The Balaban J connectivity index is 1.61. The molecule has 2 fully saturated rings. The molecule has 28 heavy (non-hydrogen) atoms. The Morgan fingerprint density at radius 3 is 2.36 bits per heavy atom. The van der Waals surface area contributed by atoms with E-state index in [9.17, 15) is 15.0 Å². The number of morpholine rings is 1. The van der Waals surface area contributed by atoms with Gasteiger partial charge in [-0.1, -0.05) is 0 Å². The Morgan fingerprint density at radius 2 is 1.75 bits per heavy atom. The fraction of sp³-hybridized carbons (Fsp3) is 0.450. The zero-order chi connectivity index (χ0) is 19.4. The van der Waals surface area contributed by atoms with E-state index in [-0.39, 0.29) is 24.0 Å². The summed E-state index contributed by atoms with van der Waals surface area (Å²) in [4.78, 5) is 14.5. The average Bonchev–Trinajstić information content (AvgIpc) is 3.41. The minimum atomic E-state index is -0.467. The van der Waals surface area contributed by atoms with Crippen LogP contribution in [-0.4, -0.2) is 54.2 Å². The van der Waals surface area contributed by atoms with Gasteiger partial charge in [-0.25, -0.2) is 4.79 Å². The monoisotopic (exact) mass is 386 g/mol. The lowest BCUT2D eigenvalue weighted by atomic mass is 9.95. The Kier molecular flexibility index (Phi) is 3.99. The number of hydrogen-bond donors (Lipinski definition) is 2. The van der Waals surface area contributed by atoms with Crippen LogP contribution in [0, 0.1) is 0 Å². The van der Waals surface area contributed by atoms with Gasteiger partial charge in [0.2, 0.25) is 11.8 Å². The number of benzene rings is 1. The number of carbonyl (C=O) groups is 1. The molecule has 0 spiro atoms. The van der Waals surface area contributed by atoms with Gasteiger partial charge in [0.1, 0.15) is 0 Å². The van der Waals surface area contributed by atoms with Crippen molar-refractivity contribution in [3.63, 3.8) is 0 Å². The third-order valence-electron chi connectivity index (χ3n) is 5.85. The van der Waals surface area contributed by atoms with E-state index in [1.165, 1.54) is 11.7 Å². The number of anilines is 1. The molecule has 2 aromatic rings. The highest BCUT2D eigenvalue weighted by Crippen LogP contribution is 2.58. The lowest BCUT2D eigenvalue weighted by Crippen LogP contribution is -2.37. The van der Waals surface area contributed by atoms with E-state index in [4.69, 9.17) is 14.2 Å². The summed E-state index contributed by atoms with van der Waals surface area (Å²) in [5.41, 5.74) is 2.95. The molecule has 0 radical (unpaired) electrons. The van der Waals surface area contributed by atoms with Crippen molar-refractivity contribution in [1.29, 1.82) is 0 Å². The van der Waals surface area contributed by atoms with Crippen molar-refractivity contribution in [2.24, 2.45) is 0 Å². The molecule has 8 heteroatoms. The Labute approximate surface area is 161 Å². The second kappa shape index (κ2) is 6.42. The number of aromatic hydroxyl groups is 2. The molecule has 2 atom stereocenters. The molecule has 2 saturated heterocycles. The van der Waals surface area contributed by atoms with Gasteiger partial charge in [0.25, 0.3) is 0 Å². The zero-order valence-electron chi connectivity index (χ0n) is 15.6. The first-order valence-corrected chi connectivity index (χ1v) is 9.47. The smallest absolute Gasteiger partial charge is 0.340 e. The van der Waals surface area contributed by atoms with E-state index in [1.807, 2.05) is 6.07 Å². The minimum Gasteiger partial charge on any atom is -0.494 e. The van der Waals surface area contributed by atoms with E-state index >= 15 is 0 Å². The maximum atomic E-state index is 12.4. The molecule has 0 amide bonds. The zero-order valence-corrected chi connectivity index (χ0v) is 15.6. The molecule has 8 nitrogen and oxygen atoms in total. The molecule has 3 aliphatic heterocycles. The van der Waals surface area contributed by atoms with Gasteiger partial charge < -0.3 is 29.3 Å². The highest BCUT2D eigenvalue weighted by molar-refractivity contribution is 5.96. The van der Waals surface area contributed by atoms with Crippen LogP contribution in [0.5, 0.6) is 11.8 Å². The van der Waals surface area contributed by atoms with E-state index < -0.39 is 5.97 Å². The predicted octanol–water partition coefficient (Wildman–Crippen LogP) is 2.42. The number of esters is 1. The highest BCUT2D eigenvalue weighted by atomic mass is 16.5. The van der Waals surface area contributed by atoms with Crippen LogP contribution in [-0.2, 0) is 14.2 Å². The van der Waals surface area contributed by atoms with Gasteiger partial charge in [0, 0.05) is 13.1 Å². The molecule has 2 unspecified atom stereocenters. The molecule has 1 aromatic heterocycles. The third kappa shape index (κ3) is 2.41. The van der Waals surface area contributed by atoms with E-state index in [0.29, 0.717) is 48.7 Å². The first-order valence-electron chi connectivity index (χ1n) is 9.47. The van der Waals surface area contributed by atoms with Gasteiger partial charge in [-0.15, -0.1) is 0 Å². The second-order valence-electron chi connectivity index (χ2n) is 7.29. The number of aromatic nitrogens is 1. The molecule has 2 bridgehead atoms. The van der Waals surface area contributed by atoms with E-state index in [2.05, 4.69) is 4.90 Å². The van der Waals surface area contributed by atoms with Crippen LogP contribution in [0.1, 0.15) is 46.5 Å². The molecule has 2 N–H and O–H groups in total. The predicted molar refractivity (Wildman–Crippen MR) is 99.3 cm³/mol. The van der Waals surface area contributed by atoms with Crippen molar-refractivity contribution in [2.45, 2.75) is 25.0 Å². The summed E-state index contributed by atoms with van der Waals surface area (Å²) in [6.07, 6.45) is 1.30. The summed E-state index contributed by atoms with van der Waals surface area (Å²) in [6.45, 7) is 2.55. The van der Waals surface area contributed by atoms with E-state index in [0.717, 1.165) is 18.5 Å². The van der Waals surface area contributed by atoms with Crippen molar-refractivity contribution in [1.82, 2.24) is 4.57 Å². The lowest BCUT2D eigenvalue weighted by molar-refractivity contribution is 0.0600. The second-order valence-corrected chi connectivity index (χ2v) is 7.29. The van der Waals surface area contributed by atoms with E-state index in [1.54, 1.807) is 12.1 Å². The standard InChI is InChI=1S/C20H22N2O6/c1-26-20(25)12-10-11(2-3-13(12)21-6-8-27-9-7-21)22-18(23)16-14-4-5-15(28-14)17(16)19(22)24/h2-3,10,14-15,23-24H,4-9H2,1H3. The Hall–Kier alpha value is -2.71. The first-order chi connectivity index (χ1) is 13.6. The summed E-state index contributed by atoms with van der Waals surface area (Å²) in [5.74, 6) is -0.533. The first kappa shape index (κ1) is 17.4. The molecule has 4 heterocycles. The van der Waals surface area contributed by atoms with Crippen LogP contribution >= 0.6 is 0 Å². The summed E-state index contributed by atoms with van der Waals surface area (Å²) < 4.78 is 17.5. The topological polar surface area (TPSA) is 93.4 Å². The molecule has 0 saturated carbocycles.